The quantitative estimate of drug-likeness (QED) is 0.669. The van der Waals surface area contributed by atoms with Gasteiger partial charge in [0.25, 0.3) is 0 Å². The third-order valence-corrected chi connectivity index (χ3v) is 4.31. The molecule has 0 bridgehead atoms. The molecule has 0 spiro atoms. The Kier molecular flexibility index (Phi) is 4.79. The molecule has 1 atom stereocenters. The van der Waals surface area contributed by atoms with Crippen molar-refractivity contribution in [1.29, 1.82) is 0 Å². The molecule has 0 amide bonds. The molecule has 0 heterocycles. The van der Waals surface area contributed by atoms with E-state index < -0.39 is 8.07 Å². The highest BCUT2D eigenvalue weighted by atomic mass is 28.3. The van der Waals surface area contributed by atoms with Crippen LogP contribution in [0.2, 0.25) is 19.6 Å². The van der Waals surface area contributed by atoms with Crippen molar-refractivity contribution in [2.24, 2.45) is 0 Å². The standard InChI is InChI=1S/C10H22OSi/c1-6-8-10(9(11)7-2)12(3,4)5/h8-9,11H,6-7H2,1-5H3/b10-8-. The Morgan fingerprint density at radius 1 is 1.33 bits per heavy atom. The summed E-state index contributed by atoms with van der Waals surface area (Å²) in [7, 11) is -1.28. The summed E-state index contributed by atoms with van der Waals surface area (Å²) in [5.41, 5.74) is 0. The van der Waals surface area contributed by atoms with Crippen molar-refractivity contribution in [2.45, 2.75) is 52.4 Å². The third-order valence-electron chi connectivity index (χ3n) is 2.04. The van der Waals surface area contributed by atoms with Gasteiger partial charge in [0.2, 0.25) is 0 Å². The lowest BCUT2D eigenvalue weighted by atomic mass is 10.2. The second kappa shape index (κ2) is 4.82. The molecule has 0 aliphatic heterocycles. The monoisotopic (exact) mass is 186 g/mol. The number of allylic oxidation sites excluding steroid dienone is 1. The number of hydrogen-bond donors (Lipinski definition) is 1. The van der Waals surface area contributed by atoms with Gasteiger partial charge in [0.15, 0.2) is 0 Å². The summed E-state index contributed by atoms with van der Waals surface area (Å²) in [5.74, 6) is 0. The van der Waals surface area contributed by atoms with Crippen LogP contribution in [0.15, 0.2) is 11.3 Å². The van der Waals surface area contributed by atoms with Gasteiger partial charge in [-0.3, -0.25) is 0 Å². The summed E-state index contributed by atoms with van der Waals surface area (Å²) in [6, 6.07) is 0. The molecule has 2 heteroatoms. The molecular weight excluding hydrogens is 164 g/mol. The molecule has 0 aromatic heterocycles. The van der Waals surface area contributed by atoms with E-state index in [0.717, 1.165) is 12.8 Å². The van der Waals surface area contributed by atoms with Gasteiger partial charge in [0.1, 0.15) is 0 Å². The molecule has 0 saturated carbocycles. The van der Waals surface area contributed by atoms with Crippen LogP contribution in [-0.2, 0) is 0 Å². The van der Waals surface area contributed by atoms with Crippen LogP contribution in [-0.4, -0.2) is 19.3 Å². The molecular formula is C10H22OSi. The second-order valence-electron chi connectivity index (χ2n) is 4.24. The maximum absolute atomic E-state index is 9.75. The first-order chi connectivity index (χ1) is 5.43. The molecule has 0 saturated heterocycles. The zero-order chi connectivity index (χ0) is 9.78. The van der Waals surface area contributed by atoms with Crippen molar-refractivity contribution in [1.82, 2.24) is 0 Å². The first kappa shape index (κ1) is 11.9. The van der Waals surface area contributed by atoms with Crippen LogP contribution in [0.4, 0.5) is 0 Å². The molecule has 0 aliphatic rings. The summed E-state index contributed by atoms with van der Waals surface area (Å²) in [6.07, 6.45) is 3.89. The minimum absolute atomic E-state index is 0.198. The highest BCUT2D eigenvalue weighted by Crippen LogP contribution is 2.20. The van der Waals surface area contributed by atoms with E-state index in [4.69, 9.17) is 0 Å². The number of hydrogen-bond acceptors (Lipinski definition) is 1. The Hall–Kier alpha value is -0.0831. The zero-order valence-corrected chi connectivity index (χ0v) is 10.0. The fourth-order valence-corrected chi connectivity index (χ4v) is 3.40. The SMILES string of the molecule is CC/C=C(/C(O)CC)[Si](C)(C)C. The molecule has 0 rings (SSSR count). The fourth-order valence-electron chi connectivity index (χ4n) is 1.38. The molecule has 0 aromatic carbocycles. The minimum atomic E-state index is -1.28. The van der Waals surface area contributed by atoms with Crippen LogP contribution >= 0.6 is 0 Å². The predicted molar refractivity (Wildman–Crippen MR) is 58.0 cm³/mol. The average Bonchev–Trinajstić information content (AvgIpc) is 1.96. The van der Waals surface area contributed by atoms with E-state index >= 15 is 0 Å². The van der Waals surface area contributed by atoms with Crippen molar-refractivity contribution in [3.8, 4) is 0 Å². The first-order valence-corrected chi connectivity index (χ1v) is 8.32. The minimum Gasteiger partial charge on any atom is -0.389 e. The van der Waals surface area contributed by atoms with Crippen LogP contribution in [0, 0.1) is 0 Å². The van der Waals surface area contributed by atoms with E-state index in [9.17, 15) is 5.11 Å². The van der Waals surface area contributed by atoms with Crippen molar-refractivity contribution in [2.75, 3.05) is 0 Å². The summed E-state index contributed by atoms with van der Waals surface area (Å²) < 4.78 is 0. The average molecular weight is 186 g/mol. The summed E-state index contributed by atoms with van der Waals surface area (Å²) in [4.78, 5) is 0. The predicted octanol–water partition coefficient (Wildman–Crippen LogP) is 2.97. The van der Waals surface area contributed by atoms with Gasteiger partial charge in [0, 0.05) is 0 Å². The van der Waals surface area contributed by atoms with Crippen LogP contribution < -0.4 is 0 Å². The van der Waals surface area contributed by atoms with Crippen LogP contribution in [0.1, 0.15) is 26.7 Å². The molecule has 0 fully saturated rings. The van der Waals surface area contributed by atoms with Gasteiger partial charge in [-0.1, -0.05) is 44.8 Å². The molecule has 72 valence electrons. The summed E-state index contributed by atoms with van der Waals surface area (Å²) in [6.45, 7) is 11.0. The van der Waals surface area contributed by atoms with Gasteiger partial charge in [0.05, 0.1) is 14.2 Å². The lowest BCUT2D eigenvalue weighted by molar-refractivity contribution is 0.212. The van der Waals surface area contributed by atoms with E-state index in [-0.39, 0.29) is 6.10 Å². The Balaban J connectivity index is 4.56. The summed E-state index contributed by atoms with van der Waals surface area (Å²) >= 11 is 0. The van der Waals surface area contributed by atoms with E-state index in [1.807, 2.05) is 6.92 Å². The van der Waals surface area contributed by atoms with E-state index in [1.54, 1.807) is 0 Å². The van der Waals surface area contributed by atoms with E-state index in [0.29, 0.717) is 0 Å². The highest BCUT2D eigenvalue weighted by molar-refractivity contribution is 6.83. The first-order valence-electron chi connectivity index (χ1n) is 4.82. The molecule has 1 N–H and O–H groups in total. The lowest BCUT2D eigenvalue weighted by Gasteiger charge is -2.25. The maximum atomic E-state index is 9.75. The zero-order valence-electron chi connectivity index (χ0n) is 9.02. The topological polar surface area (TPSA) is 20.2 Å². The van der Waals surface area contributed by atoms with Crippen LogP contribution in [0.3, 0.4) is 0 Å². The Morgan fingerprint density at radius 2 is 1.83 bits per heavy atom. The molecule has 12 heavy (non-hydrogen) atoms. The van der Waals surface area contributed by atoms with Gasteiger partial charge in [-0.15, -0.1) is 0 Å². The molecule has 1 unspecified atom stereocenters. The van der Waals surface area contributed by atoms with E-state index in [2.05, 4.69) is 32.6 Å². The van der Waals surface area contributed by atoms with Crippen molar-refractivity contribution >= 4 is 8.07 Å². The van der Waals surface area contributed by atoms with E-state index in [1.165, 1.54) is 5.20 Å². The largest absolute Gasteiger partial charge is 0.389 e. The van der Waals surface area contributed by atoms with Crippen LogP contribution in [0.25, 0.3) is 0 Å². The third kappa shape index (κ3) is 3.54. The Labute approximate surface area is 77.5 Å². The van der Waals surface area contributed by atoms with Gasteiger partial charge < -0.3 is 5.11 Å². The Morgan fingerprint density at radius 3 is 2.08 bits per heavy atom. The normalized spacial score (nSPS) is 16.3. The molecule has 0 aliphatic carbocycles. The van der Waals surface area contributed by atoms with Gasteiger partial charge in [-0.25, -0.2) is 0 Å². The Bertz CT molecular complexity index is 156. The fraction of sp³-hybridized carbons (Fsp3) is 0.800. The molecule has 0 radical (unpaired) electrons. The van der Waals surface area contributed by atoms with Crippen LogP contribution in [0.5, 0.6) is 0 Å². The van der Waals surface area contributed by atoms with Crippen molar-refractivity contribution in [3.63, 3.8) is 0 Å². The number of aliphatic hydroxyl groups is 1. The maximum Gasteiger partial charge on any atom is 0.0753 e. The number of aliphatic hydroxyl groups excluding tert-OH is 1. The van der Waals surface area contributed by atoms with Crippen molar-refractivity contribution < 1.29 is 5.11 Å². The van der Waals surface area contributed by atoms with Gasteiger partial charge in [-0.2, -0.15) is 0 Å². The molecule has 1 nitrogen and oxygen atoms in total. The lowest BCUT2D eigenvalue weighted by Crippen LogP contribution is -2.31. The molecule has 0 aromatic rings. The second-order valence-corrected chi connectivity index (χ2v) is 9.32. The highest BCUT2D eigenvalue weighted by Gasteiger charge is 2.23. The van der Waals surface area contributed by atoms with Gasteiger partial charge >= 0.3 is 0 Å². The number of rotatable bonds is 4. The smallest absolute Gasteiger partial charge is 0.0753 e. The van der Waals surface area contributed by atoms with Gasteiger partial charge in [-0.05, 0) is 12.8 Å². The van der Waals surface area contributed by atoms with Crippen molar-refractivity contribution in [3.05, 3.63) is 11.3 Å². The summed E-state index contributed by atoms with van der Waals surface area (Å²) in [5, 5.41) is 11.1.